The molecule has 0 unspecified atom stereocenters. The first-order valence-corrected chi connectivity index (χ1v) is 27.9. The average molecular weight is 817 g/mol. The van der Waals surface area contributed by atoms with Crippen molar-refractivity contribution >= 4 is 33.7 Å². The number of carbonyl (C=O) groups excluding carboxylic acids is 1. The maximum absolute atomic E-state index is 13.4. The average Bonchev–Trinajstić information content (AvgIpc) is 3.69. The molecule has 3 aromatic heterocycles. The van der Waals surface area contributed by atoms with Crippen molar-refractivity contribution in [3.63, 3.8) is 0 Å². The van der Waals surface area contributed by atoms with Gasteiger partial charge in [-0.25, -0.2) is 9.78 Å². The van der Waals surface area contributed by atoms with Crippen LogP contribution in [0.5, 0.6) is 5.75 Å². The fourth-order valence-corrected chi connectivity index (χ4v) is 9.06. The van der Waals surface area contributed by atoms with Crippen LogP contribution in [0.15, 0.2) is 54.9 Å². The van der Waals surface area contributed by atoms with E-state index in [0.29, 0.717) is 38.1 Å². The molecule has 0 N–H and O–H groups in total. The molecular weight excluding hydrogens is 753 g/mol. The number of anilines is 1. The van der Waals surface area contributed by atoms with E-state index in [1.165, 1.54) is 0 Å². The van der Waals surface area contributed by atoms with E-state index < -0.39 is 21.7 Å². The summed E-state index contributed by atoms with van der Waals surface area (Å²) in [6.07, 6.45) is 7.04. The molecule has 57 heavy (non-hydrogen) atoms. The minimum atomic E-state index is -1.30. The van der Waals surface area contributed by atoms with Gasteiger partial charge in [-0.3, -0.25) is 4.98 Å². The van der Waals surface area contributed by atoms with Gasteiger partial charge in [-0.1, -0.05) is 69.6 Å². The molecule has 0 aliphatic carbocycles. The highest BCUT2D eigenvalue weighted by Gasteiger charge is 2.45. The van der Waals surface area contributed by atoms with Gasteiger partial charge < -0.3 is 33.5 Å². The number of ether oxygens (including phenoxy) is 5. The minimum Gasteiger partial charge on any atom is -0.465 e. The molecule has 12 nitrogen and oxygen atoms in total. The zero-order valence-corrected chi connectivity index (χ0v) is 37.8. The van der Waals surface area contributed by atoms with E-state index >= 15 is 0 Å². The van der Waals surface area contributed by atoms with Gasteiger partial charge in [0, 0.05) is 89.1 Å². The summed E-state index contributed by atoms with van der Waals surface area (Å²) in [6, 6.07) is 16.5. The summed E-state index contributed by atoms with van der Waals surface area (Å²) < 4.78 is 32.0. The van der Waals surface area contributed by atoms with Crippen molar-refractivity contribution in [3.8, 4) is 28.1 Å². The molecular formula is C43H64N6O6Si2. The standard InChI is InChI=1S/C43H64N6O6Si2/c1-43(2,3)55-42(50)48-34-16-17-35(48)23-32(22-34)37-25-39(47(28-52-18-20-56(5,6)7)29-53-19-21-57(8,9)10)49-41(46-37)36(27-45-49)33-24-38(54-30-51-4)40(44-26-33)31-14-12-11-13-15-31/h11-15,24-27,32,34-35H,16-23,28-30H2,1-10H3/t32-,34+,35-. The molecule has 310 valence electrons. The maximum Gasteiger partial charge on any atom is 0.410 e. The molecule has 2 bridgehead atoms. The first-order valence-electron chi connectivity index (χ1n) is 20.5. The Labute approximate surface area is 341 Å². The highest BCUT2D eigenvalue weighted by molar-refractivity contribution is 6.76. The number of rotatable bonds is 17. The molecule has 2 aliphatic heterocycles. The van der Waals surface area contributed by atoms with Crippen LogP contribution in [0.1, 0.15) is 58.1 Å². The Kier molecular flexibility index (Phi) is 13.5. The molecule has 5 heterocycles. The molecule has 14 heteroatoms. The first-order chi connectivity index (χ1) is 27.0. The van der Waals surface area contributed by atoms with Gasteiger partial charge in [-0.2, -0.15) is 9.61 Å². The van der Waals surface area contributed by atoms with Crippen LogP contribution in [-0.4, -0.2) is 105 Å². The molecule has 2 fully saturated rings. The Morgan fingerprint density at radius 2 is 1.51 bits per heavy atom. The molecule has 2 saturated heterocycles. The van der Waals surface area contributed by atoms with Crippen molar-refractivity contribution in [2.75, 3.05) is 45.5 Å². The van der Waals surface area contributed by atoms with Crippen LogP contribution in [0.3, 0.4) is 0 Å². The lowest BCUT2D eigenvalue weighted by atomic mass is 9.88. The lowest BCUT2D eigenvalue weighted by Gasteiger charge is -2.39. The fourth-order valence-electron chi connectivity index (χ4n) is 7.55. The summed E-state index contributed by atoms with van der Waals surface area (Å²) in [6.45, 7) is 22.1. The van der Waals surface area contributed by atoms with E-state index in [2.05, 4.69) is 50.2 Å². The van der Waals surface area contributed by atoms with Gasteiger partial charge in [0.05, 0.1) is 6.20 Å². The van der Waals surface area contributed by atoms with E-state index in [1.807, 2.05) is 79.0 Å². The van der Waals surface area contributed by atoms with Gasteiger partial charge >= 0.3 is 6.09 Å². The van der Waals surface area contributed by atoms with Gasteiger partial charge in [-0.15, -0.1) is 0 Å². The number of methoxy groups -OCH3 is 1. The zero-order chi connectivity index (χ0) is 41.0. The third-order valence-electron chi connectivity index (χ3n) is 10.6. The number of hydrogen-bond acceptors (Lipinski definition) is 10. The minimum absolute atomic E-state index is 0.0843. The first kappa shape index (κ1) is 42.8. The largest absolute Gasteiger partial charge is 0.465 e. The fraction of sp³-hybridized carbons (Fsp3) is 0.581. The van der Waals surface area contributed by atoms with Crippen LogP contribution in [-0.2, 0) is 18.9 Å². The van der Waals surface area contributed by atoms with Crippen LogP contribution in [0.4, 0.5) is 10.6 Å². The van der Waals surface area contributed by atoms with Crippen LogP contribution < -0.4 is 9.64 Å². The smallest absolute Gasteiger partial charge is 0.410 e. The van der Waals surface area contributed by atoms with Gasteiger partial charge in [-0.05, 0) is 64.6 Å². The summed E-state index contributed by atoms with van der Waals surface area (Å²) in [5.41, 5.74) is 4.48. The van der Waals surface area contributed by atoms with E-state index in [0.717, 1.165) is 71.7 Å². The lowest BCUT2D eigenvalue weighted by Crippen LogP contribution is -2.48. The number of pyridine rings is 1. The van der Waals surface area contributed by atoms with Crippen LogP contribution >= 0.6 is 0 Å². The van der Waals surface area contributed by atoms with Crippen molar-refractivity contribution in [1.82, 2.24) is 24.5 Å². The highest BCUT2D eigenvalue weighted by Crippen LogP contribution is 2.44. The van der Waals surface area contributed by atoms with Crippen LogP contribution in [0.25, 0.3) is 28.0 Å². The normalized spacial score (nSPS) is 18.6. The van der Waals surface area contributed by atoms with E-state index in [1.54, 1.807) is 7.11 Å². The number of fused-ring (bicyclic) bond motifs is 3. The predicted molar refractivity (Wildman–Crippen MR) is 231 cm³/mol. The molecule has 3 atom stereocenters. The second-order valence-corrected chi connectivity index (χ2v) is 30.2. The summed E-state index contributed by atoms with van der Waals surface area (Å²) in [4.78, 5) is 27.9. The van der Waals surface area contributed by atoms with Crippen molar-refractivity contribution in [2.45, 2.75) is 121 Å². The quantitative estimate of drug-likeness (QED) is 0.0580. The summed E-state index contributed by atoms with van der Waals surface area (Å²) in [7, 11) is -0.996. The molecule has 6 rings (SSSR count). The monoisotopic (exact) mass is 816 g/mol. The predicted octanol–water partition coefficient (Wildman–Crippen LogP) is 9.52. The zero-order valence-electron chi connectivity index (χ0n) is 35.8. The van der Waals surface area contributed by atoms with Crippen molar-refractivity contribution < 1.29 is 28.5 Å². The number of nitrogens with zero attached hydrogens (tertiary/aromatic N) is 6. The van der Waals surface area contributed by atoms with Crippen LogP contribution in [0.2, 0.25) is 51.4 Å². The summed E-state index contributed by atoms with van der Waals surface area (Å²) in [5.74, 6) is 1.60. The third-order valence-corrected chi connectivity index (χ3v) is 14.0. The van der Waals surface area contributed by atoms with Gasteiger partial charge in [0.15, 0.2) is 12.4 Å². The second-order valence-electron chi connectivity index (χ2n) is 19.0. The van der Waals surface area contributed by atoms with Crippen molar-refractivity contribution in [2.24, 2.45) is 0 Å². The van der Waals surface area contributed by atoms with Crippen molar-refractivity contribution in [1.29, 1.82) is 0 Å². The lowest BCUT2D eigenvalue weighted by molar-refractivity contribution is 0.00568. The maximum atomic E-state index is 13.4. The second kappa shape index (κ2) is 18.0. The van der Waals surface area contributed by atoms with E-state index in [9.17, 15) is 4.79 Å². The number of amides is 1. The SMILES string of the molecule is COCOc1cc(-c2cnn3c(N(COCC[Si](C)(C)C)COCC[Si](C)(C)C)cc([C@H]4C[C@H]5CC[C@@H](C4)N5C(=O)OC(C)(C)C)nc23)cnc1-c1ccccc1. The van der Waals surface area contributed by atoms with E-state index in [-0.39, 0.29) is 30.9 Å². The molecule has 4 aromatic rings. The molecule has 1 aromatic carbocycles. The number of aromatic nitrogens is 4. The molecule has 0 saturated carbocycles. The summed E-state index contributed by atoms with van der Waals surface area (Å²) >= 11 is 0. The Morgan fingerprint density at radius 3 is 2.09 bits per heavy atom. The van der Waals surface area contributed by atoms with Gasteiger partial charge in [0.1, 0.15) is 36.3 Å². The number of carbonyl (C=O) groups is 1. The van der Waals surface area contributed by atoms with Gasteiger partial charge in [0.2, 0.25) is 0 Å². The third kappa shape index (κ3) is 11.2. The van der Waals surface area contributed by atoms with Crippen molar-refractivity contribution in [3.05, 3.63) is 60.6 Å². The number of benzene rings is 1. The Balaban J connectivity index is 1.41. The number of hydrogen-bond donors (Lipinski definition) is 0. The highest BCUT2D eigenvalue weighted by atomic mass is 28.3. The Bertz CT molecular complexity index is 1920. The molecule has 0 radical (unpaired) electrons. The Hall–Kier alpha value is -3.83. The molecule has 1 amide bonds. The van der Waals surface area contributed by atoms with Crippen LogP contribution in [0, 0.1) is 0 Å². The summed E-state index contributed by atoms with van der Waals surface area (Å²) in [5, 5.41) is 4.97. The Morgan fingerprint density at radius 1 is 0.877 bits per heavy atom. The molecule has 0 spiro atoms. The topological polar surface area (TPSA) is 113 Å². The number of piperidine rings is 1. The van der Waals surface area contributed by atoms with Gasteiger partial charge in [0.25, 0.3) is 0 Å². The molecule has 2 aliphatic rings. The van der Waals surface area contributed by atoms with E-state index in [4.69, 9.17) is 38.8 Å².